The van der Waals surface area contributed by atoms with Crippen molar-refractivity contribution < 1.29 is 14.3 Å². The molecule has 2 fully saturated rings. The zero-order chi connectivity index (χ0) is 14.5. The molecule has 0 saturated carbocycles. The zero-order valence-corrected chi connectivity index (χ0v) is 12.5. The molecule has 110 valence electrons. The molecule has 0 aromatic heterocycles. The molecule has 3 aliphatic rings. The van der Waals surface area contributed by atoms with Gasteiger partial charge < -0.3 is 4.74 Å². The van der Waals surface area contributed by atoms with Gasteiger partial charge in [0.2, 0.25) is 11.8 Å². The van der Waals surface area contributed by atoms with Gasteiger partial charge in [-0.3, -0.25) is 14.5 Å². The van der Waals surface area contributed by atoms with Crippen LogP contribution in [0.2, 0.25) is 0 Å². The minimum Gasteiger partial charge on any atom is -0.362 e. The van der Waals surface area contributed by atoms with E-state index in [-0.39, 0.29) is 23.8 Å². The van der Waals surface area contributed by atoms with E-state index in [9.17, 15) is 9.59 Å². The number of carbonyl (C=O) groups excluding carboxylic acids is 2. The highest BCUT2D eigenvalue weighted by Gasteiger charge is 2.73. The van der Waals surface area contributed by atoms with Crippen LogP contribution in [0.5, 0.6) is 0 Å². The molecule has 4 nitrogen and oxygen atoms in total. The predicted molar refractivity (Wildman–Crippen MR) is 74.9 cm³/mol. The van der Waals surface area contributed by atoms with Gasteiger partial charge in [0.05, 0.1) is 23.0 Å². The fraction of sp³-hybridized carbons (Fsp3) is 0.750. The second-order valence-electron chi connectivity index (χ2n) is 6.58. The van der Waals surface area contributed by atoms with Crippen LogP contribution in [0.25, 0.3) is 0 Å². The number of carbonyl (C=O) groups is 2. The lowest BCUT2D eigenvalue weighted by Crippen LogP contribution is -2.47. The molecule has 4 atom stereocenters. The molecule has 3 aliphatic heterocycles. The molecule has 0 aromatic rings. The Kier molecular flexibility index (Phi) is 3.05. The molecule has 4 heteroatoms. The maximum absolute atomic E-state index is 12.8. The number of imide groups is 1. The standard InChI is InChI=1S/C16H23NO3/c1-4-5-6-7-10-17-13(18)12-11-8-9-15(2,20-11)16(12,3)14(17)19/h8-9,11-12H,4-7,10H2,1-3H3. The van der Waals surface area contributed by atoms with E-state index in [2.05, 4.69) is 6.92 Å². The second kappa shape index (κ2) is 4.42. The van der Waals surface area contributed by atoms with E-state index in [0.717, 1.165) is 25.7 Å². The predicted octanol–water partition coefficient (Wildman–Crippen LogP) is 2.29. The van der Waals surface area contributed by atoms with Crippen LogP contribution in [0, 0.1) is 11.3 Å². The van der Waals surface area contributed by atoms with Crippen molar-refractivity contribution in [2.45, 2.75) is 58.2 Å². The van der Waals surface area contributed by atoms with Gasteiger partial charge in [0.15, 0.2) is 0 Å². The largest absolute Gasteiger partial charge is 0.362 e. The molecule has 2 amide bonds. The Morgan fingerprint density at radius 3 is 2.65 bits per heavy atom. The van der Waals surface area contributed by atoms with Crippen LogP contribution in [-0.4, -0.2) is 35.0 Å². The fourth-order valence-electron chi connectivity index (χ4n) is 3.94. The number of nitrogens with zero attached hydrogens (tertiary/aromatic N) is 1. The Morgan fingerprint density at radius 2 is 2.00 bits per heavy atom. The first kappa shape index (κ1) is 13.8. The molecule has 20 heavy (non-hydrogen) atoms. The maximum Gasteiger partial charge on any atom is 0.239 e. The van der Waals surface area contributed by atoms with E-state index >= 15 is 0 Å². The number of fused-ring (bicyclic) bond motifs is 5. The maximum atomic E-state index is 12.8. The van der Waals surface area contributed by atoms with Crippen molar-refractivity contribution >= 4 is 11.8 Å². The number of hydrogen-bond acceptors (Lipinski definition) is 3. The molecule has 0 aliphatic carbocycles. The lowest BCUT2D eigenvalue weighted by Gasteiger charge is -2.34. The molecule has 0 radical (unpaired) electrons. The van der Waals surface area contributed by atoms with Crippen molar-refractivity contribution in [3.63, 3.8) is 0 Å². The molecule has 2 saturated heterocycles. The summed E-state index contributed by atoms with van der Waals surface area (Å²) in [6.45, 7) is 6.54. The summed E-state index contributed by atoms with van der Waals surface area (Å²) < 4.78 is 5.88. The first-order chi connectivity index (χ1) is 9.45. The number of ether oxygens (including phenoxy) is 1. The third kappa shape index (κ3) is 1.51. The summed E-state index contributed by atoms with van der Waals surface area (Å²) in [5, 5.41) is 0. The first-order valence-corrected chi connectivity index (χ1v) is 7.68. The van der Waals surface area contributed by atoms with Gasteiger partial charge >= 0.3 is 0 Å². The van der Waals surface area contributed by atoms with Gasteiger partial charge in [-0.1, -0.05) is 38.3 Å². The lowest BCUT2D eigenvalue weighted by molar-refractivity contribution is -0.147. The topological polar surface area (TPSA) is 46.6 Å². The van der Waals surface area contributed by atoms with Crippen LogP contribution in [-0.2, 0) is 14.3 Å². The van der Waals surface area contributed by atoms with Gasteiger partial charge in [0, 0.05) is 6.54 Å². The minimum atomic E-state index is -0.714. The summed E-state index contributed by atoms with van der Waals surface area (Å²) in [5.41, 5.74) is -1.33. The van der Waals surface area contributed by atoms with Crippen LogP contribution in [0.3, 0.4) is 0 Å². The van der Waals surface area contributed by atoms with Gasteiger partial charge in [0.1, 0.15) is 0 Å². The Balaban J connectivity index is 1.79. The summed E-state index contributed by atoms with van der Waals surface area (Å²) in [5.74, 6) is -0.401. The summed E-state index contributed by atoms with van der Waals surface area (Å²) in [6.07, 6.45) is 7.97. The SMILES string of the molecule is CCCCCCN1C(=O)C2C3C=CC(C)(O3)C2(C)C1=O. The summed E-state index contributed by atoms with van der Waals surface area (Å²) in [6, 6.07) is 0. The molecule has 4 unspecified atom stereocenters. The molecular weight excluding hydrogens is 254 g/mol. The van der Waals surface area contributed by atoms with Crippen molar-refractivity contribution in [2.24, 2.45) is 11.3 Å². The summed E-state index contributed by atoms with van der Waals surface area (Å²) in [4.78, 5) is 26.8. The third-order valence-electron chi connectivity index (χ3n) is 5.42. The van der Waals surface area contributed by atoms with Gasteiger partial charge in [-0.25, -0.2) is 0 Å². The van der Waals surface area contributed by atoms with Gasteiger partial charge in [-0.15, -0.1) is 0 Å². The summed E-state index contributed by atoms with van der Waals surface area (Å²) >= 11 is 0. The van der Waals surface area contributed by atoms with E-state index in [0.29, 0.717) is 6.54 Å². The van der Waals surface area contributed by atoms with Crippen molar-refractivity contribution in [1.82, 2.24) is 4.90 Å². The Bertz CT molecular complexity index is 486. The highest BCUT2D eigenvalue weighted by atomic mass is 16.5. The highest BCUT2D eigenvalue weighted by Crippen LogP contribution is 2.59. The normalized spacial score (nSPS) is 41.9. The minimum absolute atomic E-state index is 0.0351. The lowest BCUT2D eigenvalue weighted by atomic mass is 9.65. The number of unbranched alkanes of at least 4 members (excludes halogenated alkanes) is 3. The van der Waals surface area contributed by atoms with E-state index in [1.807, 2.05) is 26.0 Å². The van der Waals surface area contributed by atoms with E-state index in [4.69, 9.17) is 4.74 Å². The molecule has 0 spiro atoms. The molecular formula is C16H23NO3. The average Bonchev–Trinajstić information content (AvgIpc) is 2.96. The van der Waals surface area contributed by atoms with Crippen molar-refractivity contribution in [1.29, 1.82) is 0 Å². The van der Waals surface area contributed by atoms with Crippen LogP contribution < -0.4 is 0 Å². The van der Waals surface area contributed by atoms with Gasteiger partial charge in [0.25, 0.3) is 0 Å². The van der Waals surface area contributed by atoms with E-state index < -0.39 is 11.0 Å². The van der Waals surface area contributed by atoms with Crippen molar-refractivity contribution in [3.05, 3.63) is 12.2 Å². The van der Waals surface area contributed by atoms with Crippen LogP contribution in [0.15, 0.2) is 12.2 Å². The Labute approximate surface area is 120 Å². The number of amides is 2. The second-order valence-corrected chi connectivity index (χ2v) is 6.58. The van der Waals surface area contributed by atoms with Crippen molar-refractivity contribution in [2.75, 3.05) is 6.54 Å². The molecule has 2 bridgehead atoms. The highest BCUT2D eigenvalue weighted by molar-refractivity contribution is 6.09. The molecule has 0 N–H and O–H groups in total. The zero-order valence-electron chi connectivity index (χ0n) is 12.5. The number of rotatable bonds is 5. The third-order valence-corrected chi connectivity index (χ3v) is 5.42. The first-order valence-electron chi connectivity index (χ1n) is 7.68. The smallest absolute Gasteiger partial charge is 0.239 e. The molecule has 0 aromatic carbocycles. The van der Waals surface area contributed by atoms with Crippen LogP contribution in [0.1, 0.15) is 46.5 Å². The number of hydrogen-bond donors (Lipinski definition) is 0. The van der Waals surface area contributed by atoms with Crippen molar-refractivity contribution in [3.8, 4) is 0 Å². The molecule has 3 heterocycles. The quantitative estimate of drug-likeness (QED) is 0.440. The van der Waals surface area contributed by atoms with Crippen LogP contribution >= 0.6 is 0 Å². The fourth-order valence-corrected chi connectivity index (χ4v) is 3.94. The Hall–Kier alpha value is -1.16. The number of likely N-dealkylation sites (tertiary alicyclic amines) is 1. The monoisotopic (exact) mass is 277 g/mol. The van der Waals surface area contributed by atoms with Gasteiger partial charge in [-0.05, 0) is 20.3 Å². The average molecular weight is 277 g/mol. The van der Waals surface area contributed by atoms with E-state index in [1.54, 1.807) is 0 Å². The molecule has 3 rings (SSSR count). The van der Waals surface area contributed by atoms with E-state index in [1.165, 1.54) is 4.90 Å². The van der Waals surface area contributed by atoms with Gasteiger partial charge in [-0.2, -0.15) is 0 Å². The summed E-state index contributed by atoms with van der Waals surface area (Å²) in [7, 11) is 0. The van der Waals surface area contributed by atoms with Crippen LogP contribution in [0.4, 0.5) is 0 Å². The Morgan fingerprint density at radius 1 is 1.25 bits per heavy atom.